The van der Waals surface area contributed by atoms with Gasteiger partial charge in [-0.1, -0.05) is 71.1 Å². The molecule has 0 saturated heterocycles. The molecule has 0 amide bonds. The Labute approximate surface area is 122 Å². The molecular weight excluding hydrogens is 242 g/mol. The molecule has 0 bridgehead atoms. The van der Waals surface area contributed by atoms with E-state index < -0.39 is 0 Å². The van der Waals surface area contributed by atoms with Crippen LogP contribution in [0.2, 0.25) is 0 Å². The summed E-state index contributed by atoms with van der Waals surface area (Å²) in [5.41, 5.74) is 0. The molecule has 2 heteroatoms. The third-order valence-electron chi connectivity index (χ3n) is 3.86. The topological polar surface area (TPSA) is 3.24 Å². The fourth-order valence-electron chi connectivity index (χ4n) is 2.19. The molecule has 112 valence electrons. The first-order chi connectivity index (χ1) is 8.18. The molecule has 0 aliphatic heterocycles. The van der Waals surface area contributed by atoms with Crippen molar-refractivity contribution < 1.29 is 0 Å². The van der Waals surface area contributed by atoms with Crippen molar-refractivity contribution in [3.8, 4) is 0 Å². The maximum atomic E-state index is 2.33. The Morgan fingerprint density at radius 3 is 1.50 bits per heavy atom. The van der Waals surface area contributed by atoms with Gasteiger partial charge >= 0.3 is 0 Å². The van der Waals surface area contributed by atoms with Crippen LogP contribution in [0.15, 0.2) is 0 Å². The molecule has 0 fully saturated rings. The zero-order valence-corrected chi connectivity index (χ0v) is 14.0. The largest absolute Gasteiger partial charge is 0.307 e. The lowest BCUT2D eigenvalue weighted by molar-refractivity contribution is 0.291. The van der Waals surface area contributed by atoms with Gasteiger partial charge in [0, 0.05) is 6.04 Å². The van der Waals surface area contributed by atoms with Crippen LogP contribution in [0.3, 0.4) is 0 Å². The normalized spacial score (nSPS) is 12.5. The average molecular weight is 278 g/mol. The van der Waals surface area contributed by atoms with Gasteiger partial charge in [-0.25, -0.2) is 0 Å². The lowest BCUT2D eigenvalue weighted by atomic mass is 10.0. The van der Waals surface area contributed by atoms with E-state index in [1.165, 1.54) is 70.6 Å². The fraction of sp³-hybridized carbons (Fsp3) is 1.00. The number of nitrogens with zero attached hydrogens (tertiary/aromatic N) is 1. The van der Waals surface area contributed by atoms with E-state index in [1.54, 1.807) is 0 Å². The van der Waals surface area contributed by atoms with Gasteiger partial charge in [0.05, 0.1) is 0 Å². The van der Waals surface area contributed by atoms with Crippen molar-refractivity contribution in [1.82, 2.24) is 4.90 Å². The molecule has 1 nitrogen and oxygen atoms in total. The van der Waals surface area contributed by atoms with E-state index in [0.717, 1.165) is 6.04 Å². The quantitative estimate of drug-likeness (QED) is 0.416. The van der Waals surface area contributed by atoms with Crippen LogP contribution in [0, 0.1) is 0 Å². The summed E-state index contributed by atoms with van der Waals surface area (Å²) in [6.45, 7) is 4.61. The van der Waals surface area contributed by atoms with Crippen molar-refractivity contribution in [3.63, 3.8) is 0 Å². The summed E-state index contributed by atoms with van der Waals surface area (Å²) in [7, 11) is 4.36. The zero-order chi connectivity index (χ0) is 12.9. The molecule has 0 saturated carbocycles. The van der Waals surface area contributed by atoms with Crippen LogP contribution in [0.25, 0.3) is 0 Å². The van der Waals surface area contributed by atoms with Gasteiger partial charge in [-0.2, -0.15) is 0 Å². The first kappa shape index (κ1) is 20.6. The summed E-state index contributed by atoms with van der Waals surface area (Å²) < 4.78 is 0. The molecule has 1 unspecified atom stereocenters. The standard InChI is InChI=1S/C16H35N.ClH/c1-5-6-7-8-9-10-11-12-13-14-15-16(2)17(3)4;/h16H,5-15H2,1-4H3;1H. The summed E-state index contributed by atoms with van der Waals surface area (Å²) >= 11 is 0. The van der Waals surface area contributed by atoms with E-state index in [1.807, 2.05) is 0 Å². The third-order valence-corrected chi connectivity index (χ3v) is 3.86. The molecule has 0 N–H and O–H groups in total. The number of rotatable bonds is 12. The molecule has 0 aromatic heterocycles. The van der Waals surface area contributed by atoms with E-state index in [4.69, 9.17) is 0 Å². The van der Waals surface area contributed by atoms with Crippen LogP contribution >= 0.6 is 12.4 Å². The van der Waals surface area contributed by atoms with Crippen LogP contribution in [-0.4, -0.2) is 25.0 Å². The Morgan fingerprint density at radius 2 is 1.11 bits per heavy atom. The molecule has 0 rings (SSSR count). The van der Waals surface area contributed by atoms with Crippen LogP contribution in [0.1, 0.15) is 84.5 Å². The third kappa shape index (κ3) is 14.3. The van der Waals surface area contributed by atoms with E-state index in [0.29, 0.717) is 0 Å². The molecule has 0 spiro atoms. The Morgan fingerprint density at radius 1 is 0.722 bits per heavy atom. The van der Waals surface area contributed by atoms with E-state index in [-0.39, 0.29) is 12.4 Å². The Balaban J connectivity index is 0. The van der Waals surface area contributed by atoms with Gasteiger partial charge in [0.25, 0.3) is 0 Å². The number of hydrogen-bond donors (Lipinski definition) is 0. The van der Waals surface area contributed by atoms with Crippen LogP contribution in [-0.2, 0) is 0 Å². The van der Waals surface area contributed by atoms with Gasteiger partial charge in [0.1, 0.15) is 0 Å². The second kappa shape index (κ2) is 15.3. The maximum Gasteiger partial charge on any atom is 0.00608 e. The van der Waals surface area contributed by atoms with E-state index >= 15 is 0 Å². The number of halogens is 1. The highest BCUT2D eigenvalue weighted by Gasteiger charge is 2.02. The molecule has 18 heavy (non-hydrogen) atoms. The van der Waals surface area contributed by atoms with Crippen LogP contribution in [0.4, 0.5) is 0 Å². The Bertz CT molecular complexity index is 148. The minimum Gasteiger partial charge on any atom is -0.307 e. The van der Waals surface area contributed by atoms with E-state index in [9.17, 15) is 0 Å². The van der Waals surface area contributed by atoms with Gasteiger partial charge in [-0.3, -0.25) is 0 Å². The smallest absolute Gasteiger partial charge is 0.00608 e. The highest BCUT2D eigenvalue weighted by molar-refractivity contribution is 5.85. The van der Waals surface area contributed by atoms with Crippen LogP contribution < -0.4 is 0 Å². The SMILES string of the molecule is CCCCCCCCCCCCC(C)N(C)C.Cl. The highest BCUT2D eigenvalue weighted by Crippen LogP contribution is 2.12. The summed E-state index contributed by atoms with van der Waals surface area (Å²) in [4.78, 5) is 2.33. The molecular formula is C16H36ClN. The number of hydrogen-bond acceptors (Lipinski definition) is 1. The van der Waals surface area contributed by atoms with Crippen LogP contribution in [0.5, 0.6) is 0 Å². The van der Waals surface area contributed by atoms with Gasteiger partial charge in [-0.05, 0) is 27.4 Å². The second-order valence-electron chi connectivity index (χ2n) is 5.78. The van der Waals surface area contributed by atoms with Crippen molar-refractivity contribution in [2.45, 2.75) is 90.5 Å². The monoisotopic (exact) mass is 277 g/mol. The predicted octanol–water partition coefficient (Wildman–Crippen LogP) is 5.67. The summed E-state index contributed by atoms with van der Waals surface area (Å²) in [5, 5.41) is 0. The lowest BCUT2D eigenvalue weighted by Gasteiger charge is -2.19. The number of unbranched alkanes of at least 4 members (excludes halogenated alkanes) is 9. The molecule has 0 radical (unpaired) electrons. The highest BCUT2D eigenvalue weighted by atomic mass is 35.5. The molecule has 0 aromatic rings. The van der Waals surface area contributed by atoms with Crippen molar-refractivity contribution in [1.29, 1.82) is 0 Å². The summed E-state index contributed by atoms with van der Waals surface area (Å²) in [6.07, 6.45) is 15.8. The lowest BCUT2D eigenvalue weighted by Crippen LogP contribution is -2.24. The Kier molecular flexibility index (Phi) is 17.5. The molecule has 0 aliphatic carbocycles. The molecule has 0 aliphatic rings. The van der Waals surface area contributed by atoms with Gasteiger partial charge in [-0.15, -0.1) is 12.4 Å². The zero-order valence-electron chi connectivity index (χ0n) is 13.2. The molecule has 1 atom stereocenters. The van der Waals surface area contributed by atoms with Crippen molar-refractivity contribution in [2.75, 3.05) is 14.1 Å². The van der Waals surface area contributed by atoms with E-state index in [2.05, 4.69) is 32.8 Å². The minimum atomic E-state index is 0. The molecule has 0 aromatic carbocycles. The first-order valence-electron chi connectivity index (χ1n) is 7.85. The van der Waals surface area contributed by atoms with Gasteiger partial charge < -0.3 is 4.90 Å². The van der Waals surface area contributed by atoms with Crippen molar-refractivity contribution >= 4 is 12.4 Å². The van der Waals surface area contributed by atoms with Crippen molar-refractivity contribution in [2.24, 2.45) is 0 Å². The average Bonchev–Trinajstić information content (AvgIpc) is 2.31. The minimum absolute atomic E-state index is 0. The predicted molar refractivity (Wildman–Crippen MR) is 86.9 cm³/mol. The van der Waals surface area contributed by atoms with Gasteiger partial charge in [0.2, 0.25) is 0 Å². The van der Waals surface area contributed by atoms with Crippen molar-refractivity contribution in [3.05, 3.63) is 0 Å². The maximum absolute atomic E-state index is 2.33. The summed E-state index contributed by atoms with van der Waals surface area (Å²) in [5.74, 6) is 0. The first-order valence-corrected chi connectivity index (χ1v) is 7.85. The Hall–Kier alpha value is 0.250. The molecule has 0 heterocycles. The summed E-state index contributed by atoms with van der Waals surface area (Å²) in [6, 6.07) is 0.754. The second-order valence-corrected chi connectivity index (χ2v) is 5.78. The van der Waals surface area contributed by atoms with Gasteiger partial charge in [0.15, 0.2) is 0 Å². The fourth-order valence-corrected chi connectivity index (χ4v) is 2.19.